The predicted octanol–water partition coefficient (Wildman–Crippen LogP) is 2.69. The summed E-state index contributed by atoms with van der Waals surface area (Å²) in [7, 11) is 0.259. The Morgan fingerprint density at radius 3 is 2.40 bits per heavy atom. The third-order valence-electron chi connectivity index (χ3n) is 1.41. The summed E-state index contributed by atoms with van der Waals surface area (Å²) >= 11 is 1.42. The molecule has 0 atom stereocenters. The number of hydrogen-bond donors (Lipinski definition) is 0. The van der Waals surface area contributed by atoms with Gasteiger partial charge in [-0.2, -0.15) is 0 Å². The van der Waals surface area contributed by atoms with E-state index in [2.05, 4.69) is 4.98 Å². The van der Waals surface area contributed by atoms with Gasteiger partial charge in [0.25, 0.3) is 15.5 Å². The molecule has 0 bridgehead atoms. The van der Waals surface area contributed by atoms with Crippen LogP contribution in [0.15, 0.2) is 11.1 Å². The highest BCUT2D eigenvalue weighted by atomic mass is 127. The molecule has 0 aliphatic carbocycles. The standard InChI is InChI=1S/C6H2ClF3INO2S/c7-15(13,14)5-3(8)2(11)1-12-4(5)6(9)10/h1,6H. The Bertz CT molecular complexity index is 493. The number of aromatic nitrogens is 1. The fraction of sp³-hybridized carbons (Fsp3) is 0.167. The second kappa shape index (κ2) is 4.42. The zero-order valence-corrected chi connectivity index (χ0v) is 10.4. The third-order valence-corrected chi connectivity index (χ3v) is 3.50. The van der Waals surface area contributed by atoms with Crippen LogP contribution in [0.5, 0.6) is 0 Å². The topological polar surface area (TPSA) is 47.0 Å². The smallest absolute Gasteiger partial charge is 0.253 e. The van der Waals surface area contributed by atoms with Gasteiger partial charge < -0.3 is 0 Å². The number of alkyl halides is 2. The summed E-state index contributed by atoms with van der Waals surface area (Å²) in [5.74, 6) is -1.31. The molecule has 0 N–H and O–H groups in total. The molecule has 0 aliphatic rings. The Morgan fingerprint density at radius 1 is 1.47 bits per heavy atom. The lowest BCUT2D eigenvalue weighted by Crippen LogP contribution is -2.06. The maximum atomic E-state index is 13.3. The van der Waals surface area contributed by atoms with Crippen molar-refractivity contribution in [2.24, 2.45) is 0 Å². The number of halogens is 5. The molecule has 0 saturated heterocycles. The molecule has 1 aromatic rings. The van der Waals surface area contributed by atoms with Crippen LogP contribution >= 0.6 is 33.3 Å². The summed E-state index contributed by atoms with van der Waals surface area (Å²) in [5, 5.41) is 0. The fourth-order valence-corrected chi connectivity index (χ4v) is 2.60. The predicted molar refractivity (Wildman–Crippen MR) is 54.9 cm³/mol. The van der Waals surface area contributed by atoms with Crippen molar-refractivity contribution < 1.29 is 21.6 Å². The van der Waals surface area contributed by atoms with E-state index in [4.69, 9.17) is 10.7 Å². The van der Waals surface area contributed by atoms with Crippen LogP contribution in [0.3, 0.4) is 0 Å². The largest absolute Gasteiger partial charge is 0.281 e. The van der Waals surface area contributed by atoms with Gasteiger partial charge in [-0.25, -0.2) is 21.6 Å². The van der Waals surface area contributed by atoms with E-state index in [1.807, 2.05) is 0 Å². The maximum absolute atomic E-state index is 13.3. The van der Waals surface area contributed by atoms with Gasteiger partial charge in [-0.15, -0.1) is 0 Å². The van der Waals surface area contributed by atoms with Gasteiger partial charge in [0.15, 0.2) is 5.82 Å². The van der Waals surface area contributed by atoms with Crippen LogP contribution in [0.25, 0.3) is 0 Å². The molecule has 0 amide bonds. The van der Waals surface area contributed by atoms with Crippen LogP contribution in [-0.4, -0.2) is 13.4 Å². The van der Waals surface area contributed by atoms with E-state index in [1.165, 1.54) is 22.6 Å². The summed E-state index contributed by atoms with van der Waals surface area (Å²) < 4.78 is 59.5. The van der Waals surface area contributed by atoms with Crippen molar-refractivity contribution in [2.45, 2.75) is 11.3 Å². The first-order chi connectivity index (χ1) is 6.75. The zero-order chi connectivity index (χ0) is 11.8. The van der Waals surface area contributed by atoms with E-state index in [-0.39, 0.29) is 3.57 Å². The molecule has 1 rings (SSSR count). The highest BCUT2D eigenvalue weighted by Gasteiger charge is 2.28. The third kappa shape index (κ3) is 2.72. The van der Waals surface area contributed by atoms with Gasteiger partial charge in [0.1, 0.15) is 10.6 Å². The SMILES string of the molecule is O=S(=O)(Cl)c1c(C(F)F)ncc(I)c1F. The quantitative estimate of drug-likeness (QED) is 0.593. The van der Waals surface area contributed by atoms with Gasteiger partial charge in [0.2, 0.25) is 0 Å². The molecule has 0 radical (unpaired) electrons. The number of rotatable bonds is 2. The zero-order valence-electron chi connectivity index (χ0n) is 6.72. The molecule has 1 aromatic heterocycles. The van der Waals surface area contributed by atoms with Crippen molar-refractivity contribution in [1.82, 2.24) is 4.98 Å². The van der Waals surface area contributed by atoms with Crippen molar-refractivity contribution in [2.75, 3.05) is 0 Å². The number of hydrogen-bond acceptors (Lipinski definition) is 3. The fourth-order valence-electron chi connectivity index (χ4n) is 0.850. The number of pyridine rings is 1. The molecule has 1 heterocycles. The van der Waals surface area contributed by atoms with Crippen LogP contribution in [-0.2, 0) is 9.05 Å². The summed E-state index contributed by atoms with van der Waals surface area (Å²) in [6.45, 7) is 0. The highest BCUT2D eigenvalue weighted by molar-refractivity contribution is 14.1. The molecule has 15 heavy (non-hydrogen) atoms. The van der Waals surface area contributed by atoms with Gasteiger partial charge in [-0.3, -0.25) is 4.98 Å². The Balaban J connectivity index is 3.65. The Kier molecular flexibility index (Phi) is 3.82. The minimum absolute atomic E-state index is 0.198. The summed E-state index contributed by atoms with van der Waals surface area (Å²) in [4.78, 5) is 1.89. The molecular formula is C6H2ClF3INO2S. The van der Waals surface area contributed by atoms with Crippen molar-refractivity contribution in [3.8, 4) is 0 Å². The van der Waals surface area contributed by atoms with Gasteiger partial charge in [0.05, 0.1) is 3.57 Å². The molecule has 0 unspecified atom stereocenters. The van der Waals surface area contributed by atoms with Crippen molar-refractivity contribution >= 4 is 42.3 Å². The summed E-state index contributed by atoms with van der Waals surface area (Å²) in [6, 6.07) is 0. The lowest BCUT2D eigenvalue weighted by Gasteiger charge is -2.06. The van der Waals surface area contributed by atoms with Crippen molar-refractivity contribution in [3.63, 3.8) is 0 Å². The molecule has 0 spiro atoms. The second-order valence-corrected chi connectivity index (χ2v) is 6.04. The molecule has 9 heteroatoms. The minimum Gasteiger partial charge on any atom is -0.253 e. The Labute approximate surface area is 101 Å². The van der Waals surface area contributed by atoms with Crippen LogP contribution < -0.4 is 0 Å². The van der Waals surface area contributed by atoms with Crippen LogP contribution in [0.4, 0.5) is 13.2 Å². The monoisotopic (exact) mass is 371 g/mol. The minimum atomic E-state index is -4.58. The molecule has 0 saturated carbocycles. The lowest BCUT2D eigenvalue weighted by molar-refractivity contribution is 0.141. The Hall–Kier alpha value is -0.0900. The molecule has 84 valence electrons. The van der Waals surface area contributed by atoms with Crippen LogP contribution in [0.1, 0.15) is 12.1 Å². The van der Waals surface area contributed by atoms with Crippen molar-refractivity contribution in [1.29, 1.82) is 0 Å². The van der Waals surface area contributed by atoms with Gasteiger partial charge in [0, 0.05) is 16.9 Å². The van der Waals surface area contributed by atoms with Crippen LogP contribution in [0, 0.1) is 9.39 Å². The second-order valence-electron chi connectivity index (χ2n) is 2.37. The normalized spacial score (nSPS) is 12.1. The van der Waals surface area contributed by atoms with E-state index in [9.17, 15) is 21.6 Å². The molecule has 3 nitrogen and oxygen atoms in total. The van der Waals surface area contributed by atoms with Gasteiger partial charge in [-0.1, -0.05) is 0 Å². The van der Waals surface area contributed by atoms with E-state index in [1.54, 1.807) is 0 Å². The number of nitrogens with zero attached hydrogens (tertiary/aromatic N) is 1. The summed E-state index contributed by atoms with van der Waals surface area (Å²) in [6.07, 6.45) is -2.40. The summed E-state index contributed by atoms with van der Waals surface area (Å²) in [5.41, 5.74) is -1.18. The van der Waals surface area contributed by atoms with Crippen LogP contribution in [0.2, 0.25) is 0 Å². The van der Waals surface area contributed by atoms with E-state index < -0.39 is 31.9 Å². The molecule has 0 aromatic carbocycles. The first kappa shape index (κ1) is 13.0. The molecule has 0 fully saturated rings. The van der Waals surface area contributed by atoms with E-state index >= 15 is 0 Å². The lowest BCUT2D eigenvalue weighted by atomic mass is 10.3. The van der Waals surface area contributed by atoms with Crippen molar-refractivity contribution in [3.05, 3.63) is 21.3 Å². The van der Waals surface area contributed by atoms with Gasteiger partial charge >= 0.3 is 0 Å². The highest BCUT2D eigenvalue weighted by Crippen LogP contribution is 2.30. The van der Waals surface area contributed by atoms with Gasteiger partial charge in [-0.05, 0) is 22.6 Å². The first-order valence-electron chi connectivity index (χ1n) is 3.32. The van der Waals surface area contributed by atoms with E-state index in [0.29, 0.717) is 0 Å². The molecular weight excluding hydrogens is 369 g/mol. The maximum Gasteiger partial charge on any atom is 0.281 e. The average Bonchev–Trinajstić information content (AvgIpc) is 2.06. The molecule has 0 aliphatic heterocycles. The van der Waals surface area contributed by atoms with E-state index in [0.717, 1.165) is 6.20 Å². The first-order valence-corrected chi connectivity index (χ1v) is 6.70. The Morgan fingerprint density at radius 2 is 2.00 bits per heavy atom. The average molecular weight is 372 g/mol.